The second-order valence-electron chi connectivity index (χ2n) is 22.8. The Kier molecular flexibility index (Phi) is 26.6. The zero-order chi connectivity index (χ0) is 67.6. The van der Waals surface area contributed by atoms with Gasteiger partial charge in [0.2, 0.25) is 0 Å². The summed E-state index contributed by atoms with van der Waals surface area (Å²) in [5.74, 6) is 0. The minimum absolute atomic E-state index is 0.580. The Morgan fingerprint density at radius 3 is 0.457 bits per heavy atom. The monoisotopic (exact) mass is 1360 g/mol. The van der Waals surface area contributed by atoms with Gasteiger partial charge in [-0.25, -0.2) is 0 Å². The molecule has 0 aromatic rings. The maximum absolute atomic E-state index is 11.4. The normalized spacial score (nSPS) is 53.2. The highest BCUT2D eigenvalue weighted by atomic mass is 16.9. The molecule has 0 aliphatic carbocycles. The molecule has 0 unspecified atom stereocenters. The predicted molar refractivity (Wildman–Crippen MR) is 272 cm³/mol. The summed E-state index contributed by atoms with van der Waals surface area (Å²) in [6.45, 7) is -8.06. The van der Waals surface area contributed by atoms with Crippen LogP contribution in [0.5, 0.6) is 0 Å². The summed E-state index contributed by atoms with van der Waals surface area (Å²) in [5.41, 5.74) is 5.96. The number of nitrogens with two attached hydrogens (primary N) is 1. The van der Waals surface area contributed by atoms with E-state index in [0.29, 0.717) is 0 Å². The quantitative estimate of drug-likeness (QED) is 0.0793. The third-order valence-corrected chi connectivity index (χ3v) is 16.9. The Labute approximate surface area is 517 Å². The Morgan fingerprint density at radius 2 is 0.348 bits per heavy atom. The van der Waals surface area contributed by atoms with Gasteiger partial charge in [0.1, 0.15) is 195 Å². The summed E-state index contributed by atoms with van der Waals surface area (Å²) >= 11 is 0. The van der Waals surface area contributed by atoms with Gasteiger partial charge in [-0.3, -0.25) is 0 Å². The molecule has 0 saturated carbocycles. The average Bonchev–Trinajstić information content (AvgIpc) is 0.796. The number of ether oxygens (including phenoxy) is 16. The highest BCUT2D eigenvalue weighted by Gasteiger charge is 2.60. The minimum Gasteiger partial charge on any atom is -0.394 e. The topological polar surface area (TPSA) is 702 Å². The van der Waals surface area contributed by atoms with Crippen molar-refractivity contribution in [1.82, 2.24) is 0 Å². The highest BCUT2D eigenvalue weighted by molar-refractivity contribution is 5.02. The van der Waals surface area contributed by atoms with Gasteiger partial charge >= 0.3 is 0 Å². The van der Waals surface area contributed by atoms with Crippen LogP contribution in [0.4, 0.5) is 0 Å². The van der Waals surface area contributed by atoms with Crippen LogP contribution in [0, 0.1) is 10.1 Å². The molecular weight excluding hydrogens is 1280 g/mol. The first-order valence-corrected chi connectivity index (χ1v) is 28.8. The Hall–Kier alpha value is -2.40. The Balaban J connectivity index is 0.00000264. The van der Waals surface area contributed by atoms with Crippen molar-refractivity contribution in [3.63, 3.8) is 0 Å². The van der Waals surface area contributed by atoms with Gasteiger partial charge in [0.25, 0.3) is 5.09 Å². The summed E-state index contributed by atoms with van der Waals surface area (Å²) < 4.78 is 91.5. The fourth-order valence-corrected chi connectivity index (χ4v) is 11.9. The van der Waals surface area contributed by atoms with E-state index in [0.717, 1.165) is 0 Å². The third-order valence-electron chi connectivity index (χ3n) is 16.9. The van der Waals surface area contributed by atoms with Gasteiger partial charge in [-0.2, -0.15) is 0 Å². The van der Waals surface area contributed by atoms with Crippen LogP contribution in [0.2, 0.25) is 0 Å². The molecule has 0 aromatic heterocycles. The second kappa shape index (κ2) is 32.5. The highest BCUT2D eigenvalue weighted by Crippen LogP contribution is 2.40. The lowest BCUT2D eigenvalue weighted by Gasteiger charge is -2.50. The number of hydrogen-bond donors (Lipinski definition) is 25. The first-order chi connectivity index (χ1) is 43.6. The molecule has 26 N–H and O–H groups in total. The fourth-order valence-electron chi connectivity index (χ4n) is 11.9. The summed E-state index contributed by atoms with van der Waals surface area (Å²) in [6.07, 6.45) is -80.9. The number of nitrogens with zero attached hydrogens (tertiary/aromatic N) is 1. The molecule has 0 amide bonds. The van der Waals surface area contributed by atoms with Crippen LogP contribution in [0.1, 0.15) is 0 Å². The maximum Gasteiger partial charge on any atom is 0.291 e. The van der Waals surface area contributed by atoms with E-state index < -0.39 is 304 Å². The third kappa shape index (κ3) is 15.5. The van der Waals surface area contributed by atoms with Crippen molar-refractivity contribution in [3.8, 4) is 0 Å². The van der Waals surface area contributed by atoms with Gasteiger partial charge < -0.3 is 204 Å². The SMILES string of the molecule is NC[C@H]1O[C@@H]2O[C@H]3[C@H](O)[C@@H](O)[C@@H](O[C@H]4[C@H](O)[C@@H](O)[C@@H](O[C@H]5[C@H](O)[C@@H](O)[C@@H](O[C@H]6[C@H](O)[C@@H](O)[C@@H](O[C@H]7[C@@H](O)[C@H](O)[C@@H](O[C@H]8[C@H](O)[C@H](O)[C@@H](O[C@H]9[C@@H](O)[C@H](O)[C@@H](O[C@H]1[C@H](O)[C@H]2O)O[C@@H]9CO)O[C@@H]8CO)O[C@@H]7CO)O[C@@H]6CO)O[C@@H]5CO)O[C@@H]4CO)O[C@@H]3CO.O=[N+]([O-])O. The maximum atomic E-state index is 11.4. The molecule has 536 valence electrons. The van der Waals surface area contributed by atoms with Crippen molar-refractivity contribution in [2.24, 2.45) is 5.73 Å². The van der Waals surface area contributed by atoms with Crippen LogP contribution >= 0.6 is 0 Å². The second-order valence-corrected chi connectivity index (χ2v) is 22.8. The number of hydrogen-bond acceptors (Lipinski definition) is 42. The summed E-state index contributed by atoms with van der Waals surface area (Å²) in [6, 6.07) is 0. The molecule has 0 radical (unpaired) electrons. The van der Waals surface area contributed by atoms with Crippen LogP contribution in [-0.2, 0) is 75.8 Å². The van der Waals surface area contributed by atoms with Crippen LogP contribution < -0.4 is 5.73 Å². The summed E-state index contributed by atoms with van der Waals surface area (Å²) in [4.78, 5) is 8.36. The van der Waals surface area contributed by atoms with Gasteiger partial charge in [-0.1, -0.05) is 0 Å². The molecule has 30 rings (SSSR count). The summed E-state index contributed by atoms with van der Waals surface area (Å²) in [5, 5.41) is 268. The van der Waals surface area contributed by atoms with Crippen molar-refractivity contribution in [2.45, 2.75) is 246 Å². The molecule has 40 atom stereocenters. The lowest BCUT2D eigenvalue weighted by molar-refractivity contribution is -0.742. The van der Waals surface area contributed by atoms with Gasteiger partial charge in [0, 0.05) is 6.54 Å². The first kappa shape index (κ1) is 75.4. The number of aliphatic hydroxyl groups excluding tert-OH is 23. The standard InChI is InChI=1S/C48H81NO39.HNO3/c49-1-9-33-17(57)25(65)41(73-9)82-34-10(2-50)75-43(27(67)19(34)59)84-36-12(4-52)77-45(29(69)21(36)61)86-38-14(6-54)79-47(31(71)23(38)63)88-40-16(8-56)80-48(32(72)24(40)64)87-39-15(7-55)78-46(30(70)22(39)62)85-37-13(5-53)76-44(28(68)20(37)60)83-35-11(3-51)74-42(81-33)26(66)18(35)58;2-1(3)4/h9-48,50-72H,1-8,49H2;(H,2,3,4)/t9-,10-,11-,12-,13-,14-,15-,16-,17-,18+,19-,20-,21-,22+,23-,24-,25-,26+,27-,28+,29-,30+,31-,32-,33-,34-,35-,36-,37-,38-,39-,40-,41-,42-,43-,44-,45-,46-,47-,48-;/m1./s1. The average molecular weight is 1360 g/mol. The largest absolute Gasteiger partial charge is 0.394 e. The zero-order valence-corrected chi connectivity index (χ0v) is 47.9. The van der Waals surface area contributed by atoms with Crippen LogP contribution in [0.25, 0.3) is 0 Å². The molecule has 30 saturated heterocycles. The molecule has 44 heteroatoms. The number of rotatable bonds is 8. The molecular formula is C48H82N2O42. The fraction of sp³-hybridized carbons (Fsp3) is 1.00. The molecule has 0 aromatic carbocycles. The molecule has 30 aliphatic rings. The lowest BCUT2D eigenvalue weighted by Crippen LogP contribution is -2.69. The van der Waals surface area contributed by atoms with Crippen LogP contribution in [-0.4, -0.2) is 426 Å². The van der Waals surface area contributed by atoms with E-state index in [1.54, 1.807) is 0 Å². The van der Waals surface area contributed by atoms with E-state index in [1.165, 1.54) is 0 Å². The van der Waals surface area contributed by atoms with Crippen molar-refractivity contribution in [1.29, 1.82) is 0 Å². The zero-order valence-electron chi connectivity index (χ0n) is 47.9. The first-order valence-electron chi connectivity index (χ1n) is 28.8. The van der Waals surface area contributed by atoms with E-state index in [1.807, 2.05) is 0 Å². The van der Waals surface area contributed by atoms with Gasteiger partial charge in [-0.05, 0) is 0 Å². The van der Waals surface area contributed by atoms with Gasteiger partial charge in [0.15, 0.2) is 50.3 Å². The van der Waals surface area contributed by atoms with Crippen molar-refractivity contribution in [3.05, 3.63) is 10.1 Å². The van der Waals surface area contributed by atoms with Crippen molar-refractivity contribution < 1.29 is 204 Å². The van der Waals surface area contributed by atoms with Crippen molar-refractivity contribution >= 4 is 0 Å². The van der Waals surface area contributed by atoms with Gasteiger partial charge in [0.05, 0.1) is 46.2 Å². The van der Waals surface area contributed by atoms with Crippen LogP contribution in [0.3, 0.4) is 0 Å². The Bertz CT molecular complexity index is 1820. The molecule has 30 aliphatic heterocycles. The molecule has 30 fully saturated rings. The van der Waals surface area contributed by atoms with E-state index in [-0.39, 0.29) is 0 Å². The van der Waals surface area contributed by atoms with Crippen molar-refractivity contribution in [2.75, 3.05) is 52.8 Å². The van der Waals surface area contributed by atoms with Crippen LogP contribution in [0.15, 0.2) is 0 Å². The molecule has 30 heterocycles. The molecule has 16 bridgehead atoms. The molecule has 44 nitrogen and oxygen atoms in total. The van der Waals surface area contributed by atoms with E-state index in [9.17, 15) is 117 Å². The molecule has 0 spiro atoms. The van der Waals surface area contributed by atoms with E-state index in [4.69, 9.17) is 96.8 Å². The number of aliphatic hydroxyl groups is 23. The predicted octanol–water partition coefficient (Wildman–Crippen LogP) is -17.8. The lowest BCUT2D eigenvalue weighted by atomic mass is 9.94. The smallest absolute Gasteiger partial charge is 0.291 e. The molecule has 92 heavy (non-hydrogen) atoms. The van der Waals surface area contributed by atoms with E-state index >= 15 is 0 Å². The van der Waals surface area contributed by atoms with Gasteiger partial charge in [-0.15, -0.1) is 10.1 Å². The Morgan fingerprint density at radius 1 is 0.239 bits per heavy atom. The van der Waals surface area contributed by atoms with E-state index in [2.05, 4.69) is 0 Å². The minimum atomic E-state index is -2.24. The summed E-state index contributed by atoms with van der Waals surface area (Å²) in [7, 11) is 0.